The van der Waals surface area contributed by atoms with Crippen LogP contribution in [0.4, 0.5) is 20.2 Å². The maximum atomic E-state index is 13.7. The fraction of sp³-hybridized carbons (Fsp3) is 0.211. The van der Waals surface area contributed by atoms with Crippen LogP contribution < -0.4 is 15.0 Å². The van der Waals surface area contributed by atoms with Gasteiger partial charge in [-0.25, -0.2) is 13.7 Å². The Morgan fingerprint density at radius 3 is 2.68 bits per heavy atom. The van der Waals surface area contributed by atoms with Crippen LogP contribution in [0.15, 0.2) is 46.7 Å². The highest BCUT2D eigenvalue weighted by molar-refractivity contribution is 6.33. The molecule has 1 fully saturated rings. The molecule has 2 aliphatic rings. The summed E-state index contributed by atoms with van der Waals surface area (Å²) < 4.78 is 32.1. The molecular formula is C19H14ClF2N5O4. The number of rotatable bonds is 5. The van der Waals surface area contributed by atoms with E-state index < -0.39 is 48.0 Å². The number of nitrogens with one attached hydrogen (secondary N) is 1. The molecule has 2 aliphatic heterocycles. The molecule has 9 nitrogen and oxygen atoms in total. The smallest absolute Gasteiger partial charge is 0.263 e. The van der Waals surface area contributed by atoms with Gasteiger partial charge in [-0.2, -0.15) is 5.11 Å². The molecule has 0 radical (unpaired) electrons. The number of nitrogens with zero attached hydrogens (tertiary/aromatic N) is 4. The lowest BCUT2D eigenvalue weighted by Gasteiger charge is -2.20. The molecule has 12 heteroatoms. The lowest BCUT2D eigenvalue weighted by molar-refractivity contribution is -0.123. The largest absolute Gasteiger partial charge is 0.495 e. The van der Waals surface area contributed by atoms with Crippen molar-refractivity contribution in [1.29, 1.82) is 0 Å². The molecule has 0 aromatic heterocycles. The molecule has 3 amide bonds. The average molecular weight is 450 g/mol. The highest BCUT2D eigenvalue weighted by atomic mass is 35.5. The van der Waals surface area contributed by atoms with E-state index in [1.54, 1.807) is 0 Å². The van der Waals surface area contributed by atoms with Crippen molar-refractivity contribution in [3.05, 3.63) is 53.1 Å². The van der Waals surface area contributed by atoms with Crippen LogP contribution in [0.3, 0.4) is 0 Å². The zero-order valence-electron chi connectivity index (χ0n) is 15.9. The molecule has 2 atom stereocenters. The minimum atomic E-state index is -1.14. The molecule has 0 saturated carbocycles. The third kappa shape index (κ3) is 3.67. The molecule has 0 bridgehead atoms. The molecule has 31 heavy (non-hydrogen) atoms. The van der Waals surface area contributed by atoms with Crippen molar-refractivity contribution in [1.82, 2.24) is 5.01 Å². The van der Waals surface area contributed by atoms with Crippen molar-refractivity contribution in [3.8, 4) is 5.75 Å². The first-order chi connectivity index (χ1) is 14.8. The van der Waals surface area contributed by atoms with Crippen molar-refractivity contribution < 1.29 is 27.9 Å². The third-order valence-electron chi connectivity index (χ3n) is 4.76. The molecule has 1 N–H and O–H groups in total. The van der Waals surface area contributed by atoms with Crippen LogP contribution in [0.2, 0.25) is 5.02 Å². The van der Waals surface area contributed by atoms with Crippen molar-refractivity contribution in [2.75, 3.05) is 23.9 Å². The van der Waals surface area contributed by atoms with Crippen LogP contribution >= 0.6 is 11.6 Å². The fourth-order valence-corrected chi connectivity index (χ4v) is 3.58. The van der Waals surface area contributed by atoms with Crippen LogP contribution in [0.5, 0.6) is 5.75 Å². The predicted molar refractivity (Wildman–Crippen MR) is 105 cm³/mol. The summed E-state index contributed by atoms with van der Waals surface area (Å²) >= 11 is 6.09. The molecule has 0 aliphatic carbocycles. The van der Waals surface area contributed by atoms with Crippen LogP contribution in [-0.4, -0.2) is 48.5 Å². The van der Waals surface area contributed by atoms with Crippen LogP contribution in [0.1, 0.15) is 0 Å². The number of halogens is 3. The fourth-order valence-electron chi connectivity index (χ4n) is 3.33. The van der Waals surface area contributed by atoms with Crippen molar-refractivity contribution >= 4 is 40.7 Å². The van der Waals surface area contributed by atoms with E-state index in [1.807, 2.05) is 0 Å². The van der Waals surface area contributed by atoms with Gasteiger partial charge in [0.1, 0.15) is 23.9 Å². The Balaban J connectivity index is 1.51. The van der Waals surface area contributed by atoms with Gasteiger partial charge in [0.15, 0.2) is 12.1 Å². The number of methoxy groups -OCH3 is 1. The number of amides is 3. The number of fused-ring (bicyclic) bond motifs is 1. The summed E-state index contributed by atoms with van der Waals surface area (Å²) in [6.45, 7) is -0.503. The summed E-state index contributed by atoms with van der Waals surface area (Å²) in [6, 6.07) is 4.72. The van der Waals surface area contributed by atoms with E-state index in [4.69, 9.17) is 16.3 Å². The Morgan fingerprint density at radius 1 is 1.19 bits per heavy atom. The second kappa shape index (κ2) is 7.91. The SMILES string of the molecule is COc1ccc(N2C(=O)C3N=NN(CC(=O)Nc4cc(F)ccc4F)C3C2=O)cc1Cl. The van der Waals surface area contributed by atoms with E-state index in [0.717, 1.165) is 28.1 Å². The standard InChI is InChI=1S/C19H14ClF2N5O4/c1-31-14-5-3-10(7-11(14)20)27-18(29)16-17(19(27)30)26(25-24-16)8-15(28)23-13-6-9(21)2-4-12(13)22/h2-7,16-17H,8H2,1H3,(H,23,28). The van der Waals surface area contributed by atoms with Crippen molar-refractivity contribution in [2.24, 2.45) is 10.3 Å². The Labute approximate surface area is 179 Å². The summed E-state index contributed by atoms with van der Waals surface area (Å²) in [5.74, 6) is -3.24. The van der Waals surface area contributed by atoms with E-state index in [0.29, 0.717) is 5.75 Å². The minimum Gasteiger partial charge on any atom is -0.495 e. The molecule has 4 rings (SSSR count). The maximum Gasteiger partial charge on any atom is 0.263 e. The summed E-state index contributed by atoms with van der Waals surface area (Å²) in [5.41, 5.74) is -0.141. The predicted octanol–water partition coefficient (Wildman–Crippen LogP) is 2.56. The van der Waals surface area contributed by atoms with Crippen LogP contribution in [-0.2, 0) is 14.4 Å². The van der Waals surface area contributed by atoms with Gasteiger partial charge in [0, 0.05) is 6.07 Å². The highest BCUT2D eigenvalue weighted by Crippen LogP contribution is 2.35. The number of carbonyl (C=O) groups excluding carboxylic acids is 3. The summed E-state index contributed by atoms with van der Waals surface area (Å²) in [5, 5.41) is 11.0. The molecule has 160 valence electrons. The molecule has 2 aromatic rings. The third-order valence-corrected chi connectivity index (χ3v) is 5.05. The lowest BCUT2D eigenvalue weighted by atomic mass is 10.1. The molecule has 1 saturated heterocycles. The van der Waals surface area contributed by atoms with Crippen molar-refractivity contribution in [3.63, 3.8) is 0 Å². The monoisotopic (exact) mass is 449 g/mol. The van der Waals surface area contributed by atoms with Gasteiger partial charge in [-0.15, -0.1) is 0 Å². The van der Waals surface area contributed by atoms with Gasteiger partial charge in [0.25, 0.3) is 11.8 Å². The zero-order valence-corrected chi connectivity index (χ0v) is 16.6. The zero-order chi connectivity index (χ0) is 22.3. The molecule has 0 spiro atoms. The Kier molecular flexibility index (Phi) is 5.27. The lowest BCUT2D eigenvalue weighted by Crippen LogP contribution is -2.43. The number of imide groups is 1. The second-order valence-electron chi connectivity index (χ2n) is 6.70. The Morgan fingerprint density at radius 2 is 1.97 bits per heavy atom. The van der Waals surface area contributed by atoms with Gasteiger partial charge < -0.3 is 10.1 Å². The van der Waals surface area contributed by atoms with Gasteiger partial charge in [-0.05, 0) is 30.3 Å². The number of benzene rings is 2. The van der Waals surface area contributed by atoms with E-state index >= 15 is 0 Å². The van der Waals surface area contributed by atoms with E-state index in [2.05, 4.69) is 15.7 Å². The van der Waals surface area contributed by atoms with Crippen LogP contribution in [0.25, 0.3) is 0 Å². The number of carbonyl (C=O) groups is 3. The van der Waals surface area contributed by atoms with Gasteiger partial charge in [0.2, 0.25) is 5.91 Å². The van der Waals surface area contributed by atoms with Gasteiger partial charge >= 0.3 is 0 Å². The number of anilines is 2. The topological polar surface area (TPSA) is 104 Å². The molecule has 2 heterocycles. The van der Waals surface area contributed by atoms with Gasteiger partial charge in [0.05, 0.1) is 23.5 Å². The van der Waals surface area contributed by atoms with Gasteiger partial charge in [-0.3, -0.25) is 19.4 Å². The first-order valence-electron chi connectivity index (χ1n) is 8.94. The quantitative estimate of drug-likeness (QED) is 0.706. The first kappa shape index (κ1) is 20.7. The van der Waals surface area contributed by atoms with Gasteiger partial charge in [-0.1, -0.05) is 16.8 Å². The summed E-state index contributed by atoms with van der Waals surface area (Å²) in [6.07, 6.45) is 0. The van der Waals surface area contributed by atoms with Crippen molar-refractivity contribution in [2.45, 2.75) is 12.1 Å². The summed E-state index contributed by atoms with van der Waals surface area (Å²) in [4.78, 5) is 38.9. The molecule has 2 aromatic carbocycles. The number of hydrogen-bond acceptors (Lipinski definition) is 7. The summed E-state index contributed by atoms with van der Waals surface area (Å²) in [7, 11) is 1.43. The number of hydrogen-bond donors (Lipinski definition) is 1. The normalized spacial score (nSPS) is 19.7. The van der Waals surface area contributed by atoms with E-state index in [9.17, 15) is 23.2 Å². The molecular weight excluding hydrogens is 436 g/mol. The second-order valence-corrected chi connectivity index (χ2v) is 7.10. The molecule has 2 unspecified atom stereocenters. The average Bonchev–Trinajstić information content (AvgIpc) is 3.24. The first-order valence-corrected chi connectivity index (χ1v) is 9.31. The van der Waals surface area contributed by atoms with E-state index in [1.165, 1.54) is 25.3 Å². The van der Waals surface area contributed by atoms with Crippen LogP contribution in [0, 0.1) is 11.6 Å². The number of ether oxygens (including phenoxy) is 1. The minimum absolute atomic E-state index is 0.202. The maximum absolute atomic E-state index is 13.7. The highest BCUT2D eigenvalue weighted by Gasteiger charge is 2.55. The Hall–Kier alpha value is -3.60. The Bertz CT molecular complexity index is 1130. The van der Waals surface area contributed by atoms with E-state index in [-0.39, 0.29) is 16.4 Å².